The van der Waals surface area contributed by atoms with Crippen molar-refractivity contribution < 1.29 is 8.42 Å². The van der Waals surface area contributed by atoms with Crippen LogP contribution in [-0.2, 0) is 10.0 Å². The summed E-state index contributed by atoms with van der Waals surface area (Å²) in [7, 11) is -3.48. The van der Waals surface area contributed by atoms with Crippen LogP contribution in [-0.4, -0.2) is 26.0 Å². The number of hydrogen-bond acceptors (Lipinski definition) is 4. The Balaban J connectivity index is 2.21. The number of nitrogens with zero attached hydrogens (tertiary/aromatic N) is 1. The monoisotopic (exact) mass is 265 g/mol. The maximum Gasteiger partial charge on any atom is 0.242 e. The molecule has 2 rings (SSSR count). The van der Waals surface area contributed by atoms with Gasteiger partial charge in [-0.05, 0) is 18.9 Å². The van der Waals surface area contributed by atoms with Crippen molar-refractivity contribution >= 4 is 10.0 Å². The summed E-state index contributed by atoms with van der Waals surface area (Å²) >= 11 is 0. The number of pyridine rings is 1. The predicted octanol–water partition coefficient (Wildman–Crippen LogP) is 0.223. The summed E-state index contributed by atoms with van der Waals surface area (Å²) < 4.78 is 26.7. The smallest absolute Gasteiger partial charge is 0.242 e. The second-order valence-corrected chi connectivity index (χ2v) is 5.88. The van der Waals surface area contributed by atoms with Crippen LogP contribution in [0.15, 0.2) is 23.4 Å². The van der Waals surface area contributed by atoms with E-state index in [1.165, 1.54) is 18.5 Å². The van der Waals surface area contributed by atoms with Gasteiger partial charge in [0.25, 0.3) is 0 Å². The number of aromatic nitrogens is 1. The summed E-state index contributed by atoms with van der Waals surface area (Å²) in [5.41, 5.74) is 5.82. The summed E-state index contributed by atoms with van der Waals surface area (Å²) in [5.74, 6) is 5.44. The molecule has 0 saturated heterocycles. The first-order valence-corrected chi connectivity index (χ1v) is 7.26. The van der Waals surface area contributed by atoms with E-state index < -0.39 is 10.0 Å². The molecule has 0 unspecified atom stereocenters. The van der Waals surface area contributed by atoms with Gasteiger partial charge in [0.1, 0.15) is 4.90 Å². The van der Waals surface area contributed by atoms with E-state index in [1.807, 2.05) is 0 Å². The third-order valence-corrected chi connectivity index (χ3v) is 4.27. The highest BCUT2D eigenvalue weighted by molar-refractivity contribution is 7.89. The van der Waals surface area contributed by atoms with Gasteiger partial charge in [-0.25, -0.2) is 13.1 Å². The maximum atomic E-state index is 12.0. The Bertz CT molecular complexity index is 583. The molecule has 1 aliphatic rings. The van der Waals surface area contributed by atoms with Crippen molar-refractivity contribution in [3.8, 4) is 11.8 Å². The Kier molecular flexibility index (Phi) is 3.97. The van der Waals surface area contributed by atoms with Crippen LogP contribution < -0.4 is 10.5 Å². The summed E-state index contributed by atoms with van der Waals surface area (Å²) in [4.78, 5) is 4.04. The molecule has 1 aromatic heterocycles. The van der Waals surface area contributed by atoms with Gasteiger partial charge in [0, 0.05) is 24.0 Å². The lowest BCUT2D eigenvalue weighted by molar-refractivity contribution is 0.383. The Morgan fingerprint density at radius 1 is 1.44 bits per heavy atom. The standard InChI is InChI=1S/C12H15N3O2S/c13-6-2-3-10-7-12(9-14-8-10)18(16,17)15-11-4-1-5-11/h7-9,11,15H,1,4-6,13H2. The number of hydrogen-bond donors (Lipinski definition) is 2. The molecule has 5 nitrogen and oxygen atoms in total. The van der Waals surface area contributed by atoms with Crippen LogP contribution in [0.1, 0.15) is 24.8 Å². The summed E-state index contributed by atoms with van der Waals surface area (Å²) in [6.07, 6.45) is 5.73. The molecule has 0 amide bonds. The van der Waals surface area contributed by atoms with Crippen molar-refractivity contribution in [1.82, 2.24) is 9.71 Å². The average Bonchev–Trinajstić information content (AvgIpc) is 2.32. The highest BCUT2D eigenvalue weighted by Crippen LogP contribution is 2.21. The number of nitrogens with one attached hydrogen (secondary N) is 1. The number of sulfonamides is 1. The van der Waals surface area contributed by atoms with Gasteiger partial charge in [0.2, 0.25) is 10.0 Å². The third-order valence-electron chi connectivity index (χ3n) is 2.79. The van der Waals surface area contributed by atoms with Crippen LogP contribution in [0, 0.1) is 11.8 Å². The van der Waals surface area contributed by atoms with Crippen molar-refractivity contribution in [3.05, 3.63) is 24.0 Å². The van der Waals surface area contributed by atoms with E-state index >= 15 is 0 Å². The fraction of sp³-hybridized carbons (Fsp3) is 0.417. The van der Waals surface area contributed by atoms with E-state index in [9.17, 15) is 8.42 Å². The molecule has 96 valence electrons. The summed E-state index contributed by atoms with van der Waals surface area (Å²) in [5, 5.41) is 0. The van der Waals surface area contributed by atoms with Gasteiger partial charge in [-0.3, -0.25) is 4.98 Å². The highest BCUT2D eigenvalue weighted by Gasteiger charge is 2.24. The van der Waals surface area contributed by atoms with Gasteiger partial charge in [0.05, 0.1) is 6.54 Å². The van der Waals surface area contributed by atoms with Crippen LogP contribution in [0.25, 0.3) is 0 Å². The highest BCUT2D eigenvalue weighted by atomic mass is 32.2. The Hall–Kier alpha value is -1.42. The van der Waals surface area contributed by atoms with Crippen molar-refractivity contribution in [1.29, 1.82) is 0 Å². The molecule has 1 aliphatic carbocycles. The van der Waals surface area contributed by atoms with Gasteiger partial charge < -0.3 is 5.73 Å². The first-order valence-electron chi connectivity index (χ1n) is 5.78. The normalized spacial score (nSPS) is 15.6. The molecule has 1 saturated carbocycles. The number of rotatable bonds is 3. The molecule has 0 aliphatic heterocycles. The van der Waals surface area contributed by atoms with E-state index in [0.29, 0.717) is 5.56 Å². The van der Waals surface area contributed by atoms with Crippen molar-refractivity contribution in [2.45, 2.75) is 30.2 Å². The Labute approximate surface area is 107 Å². The zero-order valence-corrected chi connectivity index (χ0v) is 10.7. The van der Waals surface area contributed by atoms with Crippen LogP contribution >= 0.6 is 0 Å². The molecule has 0 aromatic carbocycles. The van der Waals surface area contributed by atoms with E-state index in [-0.39, 0.29) is 17.5 Å². The van der Waals surface area contributed by atoms with E-state index in [0.717, 1.165) is 19.3 Å². The largest absolute Gasteiger partial charge is 0.320 e. The Morgan fingerprint density at radius 2 is 2.22 bits per heavy atom. The first kappa shape index (κ1) is 13.0. The van der Waals surface area contributed by atoms with Crippen molar-refractivity contribution in [2.75, 3.05) is 6.54 Å². The molecule has 0 radical (unpaired) electrons. The molecule has 1 aromatic rings. The van der Waals surface area contributed by atoms with Gasteiger partial charge in [-0.2, -0.15) is 0 Å². The first-order chi connectivity index (χ1) is 8.62. The zero-order chi connectivity index (χ0) is 13.0. The zero-order valence-electron chi connectivity index (χ0n) is 9.89. The summed E-state index contributed by atoms with van der Waals surface area (Å²) in [6, 6.07) is 1.57. The fourth-order valence-electron chi connectivity index (χ4n) is 1.60. The quantitative estimate of drug-likeness (QED) is 0.766. The van der Waals surface area contributed by atoms with Crippen LogP contribution in [0.4, 0.5) is 0 Å². The lowest BCUT2D eigenvalue weighted by atomic mass is 9.94. The minimum absolute atomic E-state index is 0.0637. The fourth-order valence-corrected chi connectivity index (χ4v) is 2.89. The van der Waals surface area contributed by atoms with Crippen LogP contribution in [0.2, 0.25) is 0 Å². The SMILES string of the molecule is NCC#Cc1cncc(S(=O)(=O)NC2CCC2)c1. The molecular weight excluding hydrogens is 250 g/mol. The van der Waals surface area contributed by atoms with Crippen LogP contribution in [0.5, 0.6) is 0 Å². The van der Waals surface area contributed by atoms with Crippen molar-refractivity contribution in [3.63, 3.8) is 0 Å². The Morgan fingerprint density at radius 3 is 2.83 bits per heavy atom. The lowest BCUT2D eigenvalue weighted by Crippen LogP contribution is -2.39. The second kappa shape index (κ2) is 5.48. The topological polar surface area (TPSA) is 85.1 Å². The minimum Gasteiger partial charge on any atom is -0.320 e. The van der Waals surface area contributed by atoms with Gasteiger partial charge in [-0.1, -0.05) is 18.3 Å². The summed E-state index contributed by atoms with van der Waals surface area (Å²) in [6.45, 7) is 0.233. The molecule has 6 heteroatoms. The molecule has 18 heavy (non-hydrogen) atoms. The molecule has 0 atom stereocenters. The van der Waals surface area contributed by atoms with Gasteiger partial charge in [0.15, 0.2) is 0 Å². The van der Waals surface area contributed by atoms with E-state index in [2.05, 4.69) is 21.5 Å². The van der Waals surface area contributed by atoms with E-state index in [1.54, 1.807) is 0 Å². The van der Waals surface area contributed by atoms with Gasteiger partial charge >= 0.3 is 0 Å². The molecule has 1 fully saturated rings. The minimum atomic E-state index is -3.48. The third kappa shape index (κ3) is 3.07. The molecule has 1 heterocycles. The predicted molar refractivity (Wildman–Crippen MR) is 68.1 cm³/mol. The van der Waals surface area contributed by atoms with Crippen LogP contribution in [0.3, 0.4) is 0 Å². The maximum absolute atomic E-state index is 12.0. The molecule has 0 bridgehead atoms. The van der Waals surface area contributed by atoms with Crippen molar-refractivity contribution in [2.24, 2.45) is 5.73 Å². The average molecular weight is 265 g/mol. The second-order valence-electron chi connectivity index (χ2n) is 4.16. The van der Waals surface area contributed by atoms with Gasteiger partial charge in [-0.15, -0.1) is 0 Å². The molecule has 0 spiro atoms. The number of nitrogens with two attached hydrogens (primary N) is 1. The van der Waals surface area contributed by atoms with E-state index in [4.69, 9.17) is 5.73 Å². The molecular formula is C12H15N3O2S. The molecule has 3 N–H and O–H groups in total. The lowest BCUT2D eigenvalue weighted by Gasteiger charge is -2.25.